The lowest BCUT2D eigenvalue weighted by molar-refractivity contribution is 0.0306. The van der Waals surface area contributed by atoms with Crippen molar-refractivity contribution in [2.45, 2.75) is 26.4 Å². The SMILES string of the molecule is CC(C)(C)OC(=O)N1CC=C(c2ccc(Cl)cc2F)C1. The molecule has 0 aliphatic carbocycles. The number of hydrogen-bond donors (Lipinski definition) is 0. The molecule has 108 valence electrons. The second-order valence-corrected chi connectivity index (χ2v) is 6.15. The van der Waals surface area contributed by atoms with Crippen molar-refractivity contribution < 1.29 is 13.9 Å². The summed E-state index contributed by atoms with van der Waals surface area (Å²) in [5.41, 5.74) is 0.705. The van der Waals surface area contributed by atoms with Crippen LogP contribution in [0.3, 0.4) is 0 Å². The summed E-state index contributed by atoms with van der Waals surface area (Å²) in [4.78, 5) is 13.5. The first-order valence-corrected chi connectivity index (χ1v) is 6.76. The molecule has 1 amide bonds. The van der Waals surface area contributed by atoms with Crippen LogP contribution in [-0.2, 0) is 4.74 Å². The van der Waals surface area contributed by atoms with E-state index in [0.717, 1.165) is 5.57 Å². The molecule has 1 aliphatic heterocycles. The highest BCUT2D eigenvalue weighted by atomic mass is 35.5. The van der Waals surface area contributed by atoms with Gasteiger partial charge >= 0.3 is 6.09 Å². The number of amides is 1. The van der Waals surface area contributed by atoms with Gasteiger partial charge in [-0.25, -0.2) is 9.18 Å². The summed E-state index contributed by atoms with van der Waals surface area (Å²) in [7, 11) is 0. The maximum atomic E-state index is 13.8. The zero-order valence-corrected chi connectivity index (χ0v) is 12.5. The molecule has 0 N–H and O–H groups in total. The standard InChI is InChI=1S/C15H17ClFNO2/c1-15(2,3)20-14(19)18-7-6-10(9-18)12-5-4-11(16)8-13(12)17/h4-6,8H,7,9H2,1-3H3. The van der Waals surface area contributed by atoms with Gasteiger partial charge in [-0.2, -0.15) is 0 Å². The molecule has 1 heterocycles. The van der Waals surface area contributed by atoms with Crippen molar-refractivity contribution in [1.29, 1.82) is 0 Å². The fourth-order valence-corrected chi connectivity index (χ4v) is 2.12. The van der Waals surface area contributed by atoms with Crippen LogP contribution in [-0.4, -0.2) is 29.7 Å². The predicted molar refractivity (Wildman–Crippen MR) is 77.2 cm³/mol. The van der Waals surface area contributed by atoms with Crippen LogP contribution in [0.1, 0.15) is 26.3 Å². The van der Waals surface area contributed by atoms with Gasteiger partial charge in [0, 0.05) is 23.7 Å². The van der Waals surface area contributed by atoms with E-state index in [1.807, 2.05) is 26.8 Å². The first-order valence-electron chi connectivity index (χ1n) is 6.38. The quantitative estimate of drug-likeness (QED) is 0.780. The average molecular weight is 298 g/mol. The summed E-state index contributed by atoms with van der Waals surface area (Å²) in [6, 6.07) is 4.53. The van der Waals surface area contributed by atoms with Crippen LogP contribution in [0.15, 0.2) is 24.3 Å². The van der Waals surface area contributed by atoms with Crippen molar-refractivity contribution in [3.63, 3.8) is 0 Å². The van der Waals surface area contributed by atoms with Crippen LogP contribution in [0, 0.1) is 5.82 Å². The lowest BCUT2D eigenvalue weighted by Crippen LogP contribution is -2.35. The maximum absolute atomic E-state index is 13.8. The van der Waals surface area contributed by atoms with Gasteiger partial charge in [-0.1, -0.05) is 23.7 Å². The Balaban J connectivity index is 2.07. The van der Waals surface area contributed by atoms with E-state index < -0.39 is 11.7 Å². The molecule has 0 unspecified atom stereocenters. The smallest absolute Gasteiger partial charge is 0.410 e. The normalized spacial score (nSPS) is 15.2. The molecule has 0 saturated carbocycles. The minimum atomic E-state index is -0.536. The third kappa shape index (κ3) is 3.51. The molecule has 0 bridgehead atoms. The molecular formula is C15H17ClFNO2. The highest BCUT2D eigenvalue weighted by molar-refractivity contribution is 6.30. The van der Waals surface area contributed by atoms with Crippen LogP contribution in [0.2, 0.25) is 5.02 Å². The summed E-state index contributed by atoms with van der Waals surface area (Å²) >= 11 is 5.73. The van der Waals surface area contributed by atoms with Crippen LogP contribution in [0.4, 0.5) is 9.18 Å². The number of halogens is 2. The first-order chi connectivity index (χ1) is 9.26. The van der Waals surface area contributed by atoms with Crippen LogP contribution in [0.25, 0.3) is 5.57 Å². The minimum Gasteiger partial charge on any atom is -0.444 e. The van der Waals surface area contributed by atoms with E-state index in [-0.39, 0.29) is 5.82 Å². The molecule has 5 heteroatoms. The zero-order chi connectivity index (χ0) is 14.9. The summed E-state index contributed by atoms with van der Waals surface area (Å²) in [5.74, 6) is -0.380. The zero-order valence-electron chi connectivity index (χ0n) is 11.7. The fourth-order valence-electron chi connectivity index (χ4n) is 1.97. The molecule has 0 spiro atoms. The minimum absolute atomic E-state index is 0.341. The lowest BCUT2D eigenvalue weighted by Gasteiger charge is -2.24. The number of nitrogens with zero attached hydrogens (tertiary/aromatic N) is 1. The van der Waals surface area contributed by atoms with E-state index in [4.69, 9.17) is 16.3 Å². The molecule has 1 aliphatic rings. The van der Waals surface area contributed by atoms with E-state index in [9.17, 15) is 9.18 Å². The van der Waals surface area contributed by atoms with Crippen LogP contribution < -0.4 is 0 Å². The summed E-state index contributed by atoms with van der Waals surface area (Å²) < 4.78 is 19.1. The maximum Gasteiger partial charge on any atom is 0.410 e. The lowest BCUT2D eigenvalue weighted by atomic mass is 10.1. The molecule has 0 radical (unpaired) electrons. The second-order valence-electron chi connectivity index (χ2n) is 5.71. The summed E-state index contributed by atoms with van der Waals surface area (Å²) in [5, 5.41) is 0.355. The third-order valence-corrected chi connectivity index (χ3v) is 3.08. The number of rotatable bonds is 1. The average Bonchev–Trinajstić information content (AvgIpc) is 2.75. The van der Waals surface area contributed by atoms with Gasteiger partial charge in [-0.15, -0.1) is 0 Å². The Labute approximate surface area is 123 Å². The van der Waals surface area contributed by atoms with Crippen molar-refractivity contribution in [3.05, 3.63) is 40.7 Å². The van der Waals surface area contributed by atoms with E-state index in [0.29, 0.717) is 23.7 Å². The molecular weight excluding hydrogens is 281 g/mol. The largest absolute Gasteiger partial charge is 0.444 e. The van der Waals surface area contributed by atoms with Gasteiger partial charge in [-0.3, -0.25) is 0 Å². The van der Waals surface area contributed by atoms with Crippen molar-refractivity contribution in [1.82, 2.24) is 4.90 Å². The van der Waals surface area contributed by atoms with E-state index in [2.05, 4.69) is 0 Å². The Morgan fingerprint density at radius 3 is 2.70 bits per heavy atom. The molecule has 1 aromatic rings. The summed E-state index contributed by atoms with van der Waals surface area (Å²) in [6.07, 6.45) is 1.44. The van der Waals surface area contributed by atoms with Gasteiger partial charge in [0.1, 0.15) is 11.4 Å². The summed E-state index contributed by atoms with van der Waals surface area (Å²) in [6.45, 7) is 6.20. The third-order valence-electron chi connectivity index (χ3n) is 2.85. The van der Waals surface area contributed by atoms with Gasteiger partial charge in [0.25, 0.3) is 0 Å². The van der Waals surface area contributed by atoms with Gasteiger partial charge in [0.05, 0.1) is 0 Å². The molecule has 0 fully saturated rings. The highest BCUT2D eigenvalue weighted by Gasteiger charge is 2.26. The van der Waals surface area contributed by atoms with Gasteiger partial charge in [0.2, 0.25) is 0 Å². The number of benzene rings is 1. The van der Waals surface area contributed by atoms with Crippen molar-refractivity contribution in [2.24, 2.45) is 0 Å². The molecule has 2 rings (SSSR count). The first kappa shape index (κ1) is 14.9. The van der Waals surface area contributed by atoms with Gasteiger partial charge < -0.3 is 9.64 Å². The second kappa shape index (κ2) is 5.44. The van der Waals surface area contributed by atoms with Crippen molar-refractivity contribution in [3.8, 4) is 0 Å². The topological polar surface area (TPSA) is 29.5 Å². The Morgan fingerprint density at radius 1 is 1.40 bits per heavy atom. The van der Waals surface area contributed by atoms with E-state index >= 15 is 0 Å². The van der Waals surface area contributed by atoms with Crippen molar-refractivity contribution in [2.75, 3.05) is 13.1 Å². The molecule has 20 heavy (non-hydrogen) atoms. The molecule has 0 saturated heterocycles. The Kier molecular flexibility index (Phi) is 4.04. The number of carbonyl (C=O) groups is 1. The Bertz CT molecular complexity index is 563. The molecule has 0 atom stereocenters. The fraction of sp³-hybridized carbons (Fsp3) is 0.400. The van der Waals surface area contributed by atoms with Gasteiger partial charge in [-0.05, 0) is 38.5 Å². The molecule has 0 aromatic heterocycles. The molecule has 1 aromatic carbocycles. The predicted octanol–water partition coefficient (Wildman–Crippen LogP) is 4.11. The monoisotopic (exact) mass is 297 g/mol. The van der Waals surface area contributed by atoms with Crippen molar-refractivity contribution >= 4 is 23.3 Å². The van der Waals surface area contributed by atoms with E-state index in [1.165, 1.54) is 11.0 Å². The Morgan fingerprint density at radius 2 is 2.10 bits per heavy atom. The van der Waals surface area contributed by atoms with Gasteiger partial charge in [0.15, 0.2) is 0 Å². The number of ether oxygens (including phenoxy) is 1. The Hall–Kier alpha value is -1.55. The highest BCUT2D eigenvalue weighted by Crippen LogP contribution is 2.26. The molecule has 3 nitrogen and oxygen atoms in total. The van der Waals surface area contributed by atoms with E-state index in [1.54, 1.807) is 12.1 Å². The number of hydrogen-bond acceptors (Lipinski definition) is 2. The number of carbonyl (C=O) groups excluding carboxylic acids is 1. The van der Waals surface area contributed by atoms with Crippen LogP contribution >= 0.6 is 11.6 Å². The van der Waals surface area contributed by atoms with Crippen LogP contribution in [0.5, 0.6) is 0 Å².